The largest absolute Gasteiger partial charge is 0.264 e. The highest BCUT2D eigenvalue weighted by Gasteiger charge is 2.04. The van der Waals surface area contributed by atoms with E-state index in [9.17, 15) is 0 Å². The van der Waals surface area contributed by atoms with Crippen molar-refractivity contribution < 1.29 is 0 Å². The third-order valence-corrected chi connectivity index (χ3v) is 3.03. The van der Waals surface area contributed by atoms with E-state index in [1.807, 2.05) is 18.5 Å². The Hall–Kier alpha value is -1.55. The van der Waals surface area contributed by atoms with Crippen molar-refractivity contribution in [3.63, 3.8) is 0 Å². The van der Waals surface area contributed by atoms with E-state index in [1.165, 1.54) is 4.70 Å². The van der Waals surface area contributed by atoms with Crippen molar-refractivity contribution >= 4 is 31.6 Å². The van der Waals surface area contributed by atoms with Gasteiger partial charge < -0.3 is 0 Å². The summed E-state index contributed by atoms with van der Waals surface area (Å²) in [6.45, 7) is 0. The average molecular weight is 187 g/mol. The zero-order valence-corrected chi connectivity index (χ0v) is 7.45. The summed E-state index contributed by atoms with van der Waals surface area (Å²) < 4.78 is 2.33. The second-order valence-corrected chi connectivity index (χ2v) is 3.79. The SMILES string of the molecule is c1cc2sc3cncnc3c2cn1. The smallest absolute Gasteiger partial charge is 0.116 e. The number of hydrogen-bond donors (Lipinski definition) is 0. The molecule has 0 aliphatic rings. The van der Waals surface area contributed by atoms with Crippen molar-refractivity contribution in [1.29, 1.82) is 0 Å². The third-order valence-electron chi connectivity index (χ3n) is 1.93. The van der Waals surface area contributed by atoms with E-state index in [1.54, 1.807) is 23.9 Å². The van der Waals surface area contributed by atoms with Crippen LogP contribution in [0, 0.1) is 0 Å². The molecule has 0 fully saturated rings. The molecular formula is C9H5N3S. The first kappa shape index (κ1) is 6.91. The van der Waals surface area contributed by atoms with Gasteiger partial charge in [0.15, 0.2) is 0 Å². The predicted octanol–water partition coefficient (Wildman–Crippen LogP) is 2.24. The van der Waals surface area contributed by atoms with Gasteiger partial charge in [-0.25, -0.2) is 9.97 Å². The standard InChI is InChI=1S/C9H5N3S/c1-2-10-3-6-7(1)13-8-4-11-5-12-9(6)8/h1-5H. The Labute approximate surface area is 78.1 Å². The second-order valence-electron chi connectivity index (χ2n) is 2.71. The first-order chi connectivity index (χ1) is 6.45. The maximum absolute atomic E-state index is 4.23. The van der Waals surface area contributed by atoms with E-state index in [4.69, 9.17) is 0 Å². The fourth-order valence-electron chi connectivity index (χ4n) is 1.36. The lowest BCUT2D eigenvalue weighted by Gasteiger charge is -1.86. The fraction of sp³-hybridized carbons (Fsp3) is 0. The number of aromatic nitrogens is 3. The lowest BCUT2D eigenvalue weighted by molar-refractivity contribution is 1.23. The number of fused-ring (bicyclic) bond motifs is 3. The van der Waals surface area contributed by atoms with E-state index >= 15 is 0 Å². The van der Waals surface area contributed by atoms with Crippen LogP contribution in [0.3, 0.4) is 0 Å². The summed E-state index contributed by atoms with van der Waals surface area (Å²) in [5, 5.41) is 1.12. The predicted molar refractivity (Wildman–Crippen MR) is 52.7 cm³/mol. The van der Waals surface area contributed by atoms with Crippen LogP contribution in [-0.2, 0) is 0 Å². The summed E-state index contributed by atoms with van der Waals surface area (Å²) in [6.07, 6.45) is 7.06. The number of pyridine rings is 1. The average Bonchev–Trinajstić information content (AvgIpc) is 2.56. The molecule has 0 atom stereocenters. The highest BCUT2D eigenvalue weighted by Crippen LogP contribution is 2.30. The molecule has 3 heterocycles. The minimum atomic E-state index is 1.00. The Kier molecular flexibility index (Phi) is 1.31. The van der Waals surface area contributed by atoms with Gasteiger partial charge in [0.25, 0.3) is 0 Å². The van der Waals surface area contributed by atoms with Crippen LogP contribution in [0.15, 0.2) is 31.0 Å². The summed E-state index contributed by atoms with van der Waals surface area (Å²) in [5.74, 6) is 0. The molecule has 0 unspecified atom stereocenters. The summed E-state index contributed by atoms with van der Waals surface area (Å²) in [6, 6.07) is 2.00. The molecule has 0 aromatic carbocycles. The Morgan fingerprint density at radius 3 is 3.08 bits per heavy atom. The van der Waals surface area contributed by atoms with Crippen molar-refractivity contribution in [1.82, 2.24) is 15.0 Å². The maximum Gasteiger partial charge on any atom is 0.116 e. The zero-order valence-electron chi connectivity index (χ0n) is 6.64. The molecule has 3 nitrogen and oxygen atoms in total. The van der Waals surface area contributed by atoms with E-state index in [0.29, 0.717) is 0 Å². The van der Waals surface area contributed by atoms with Gasteiger partial charge in [-0.2, -0.15) is 0 Å². The molecule has 0 aliphatic heterocycles. The number of thiophene rings is 1. The van der Waals surface area contributed by atoms with Crippen molar-refractivity contribution in [2.45, 2.75) is 0 Å². The molecule has 0 radical (unpaired) electrons. The van der Waals surface area contributed by atoms with Gasteiger partial charge >= 0.3 is 0 Å². The number of rotatable bonds is 0. The summed E-state index contributed by atoms with van der Waals surface area (Å²) in [5.41, 5.74) is 1.00. The fourth-order valence-corrected chi connectivity index (χ4v) is 2.36. The Bertz CT molecular complexity index is 523. The van der Waals surface area contributed by atoms with Gasteiger partial charge in [0.05, 0.1) is 10.2 Å². The minimum Gasteiger partial charge on any atom is -0.264 e. The lowest BCUT2D eigenvalue weighted by atomic mass is 10.3. The van der Waals surface area contributed by atoms with Gasteiger partial charge in [-0.15, -0.1) is 11.3 Å². The molecule has 13 heavy (non-hydrogen) atoms. The van der Waals surface area contributed by atoms with Gasteiger partial charge in [0.1, 0.15) is 6.33 Å². The molecule has 0 N–H and O–H groups in total. The molecule has 3 rings (SSSR count). The molecule has 3 aromatic heterocycles. The van der Waals surface area contributed by atoms with Crippen LogP contribution >= 0.6 is 11.3 Å². The molecule has 3 aromatic rings. The monoisotopic (exact) mass is 187 g/mol. The maximum atomic E-state index is 4.23. The third kappa shape index (κ3) is 0.922. The van der Waals surface area contributed by atoms with Crippen LogP contribution in [0.5, 0.6) is 0 Å². The van der Waals surface area contributed by atoms with Crippen LogP contribution in [0.4, 0.5) is 0 Å². The van der Waals surface area contributed by atoms with Crippen molar-refractivity contribution in [2.24, 2.45) is 0 Å². The molecular weight excluding hydrogens is 182 g/mol. The van der Waals surface area contributed by atoms with Gasteiger partial charge in [-0.05, 0) is 6.07 Å². The highest BCUT2D eigenvalue weighted by atomic mass is 32.1. The normalized spacial score (nSPS) is 11.1. The number of nitrogens with zero attached hydrogens (tertiary/aromatic N) is 3. The summed E-state index contributed by atoms with van der Waals surface area (Å²) in [7, 11) is 0. The van der Waals surface area contributed by atoms with Crippen LogP contribution in [-0.4, -0.2) is 15.0 Å². The molecule has 0 aliphatic carbocycles. The minimum absolute atomic E-state index is 1.00. The molecule has 0 saturated heterocycles. The molecule has 0 amide bonds. The molecule has 0 bridgehead atoms. The van der Waals surface area contributed by atoms with Crippen molar-refractivity contribution in [2.75, 3.05) is 0 Å². The lowest BCUT2D eigenvalue weighted by Crippen LogP contribution is -1.75. The number of hydrogen-bond acceptors (Lipinski definition) is 4. The van der Waals surface area contributed by atoms with Gasteiger partial charge in [-0.1, -0.05) is 0 Å². The molecule has 62 valence electrons. The topological polar surface area (TPSA) is 38.7 Å². The van der Waals surface area contributed by atoms with E-state index in [0.717, 1.165) is 15.6 Å². The van der Waals surface area contributed by atoms with E-state index in [2.05, 4.69) is 15.0 Å². The Balaban J connectivity index is 2.64. The van der Waals surface area contributed by atoms with Gasteiger partial charge in [0.2, 0.25) is 0 Å². The first-order valence-electron chi connectivity index (χ1n) is 3.87. The summed E-state index contributed by atoms with van der Waals surface area (Å²) >= 11 is 1.70. The van der Waals surface area contributed by atoms with Gasteiger partial charge in [0, 0.05) is 28.7 Å². The highest BCUT2D eigenvalue weighted by molar-refractivity contribution is 7.25. The van der Waals surface area contributed by atoms with Crippen molar-refractivity contribution in [3.8, 4) is 0 Å². The van der Waals surface area contributed by atoms with Crippen LogP contribution in [0.1, 0.15) is 0 Å². The van der Waals surface area contributed by atoms with Crippen LogP contribution < -0.4 is 0 Å². The molecule has 0 saturated carbocycles. The van der Waals surface area contributed by atoms with Crippen LogP contribution in [0.2, 0.25) is 0 Å². The molecule has 4 heteroatoms. The van der Waals surface area contributed by atoms with E-state index < -0.39 is 0 Å². The van der Waals surface area contributed by atoms with Gasteiger partial charge in [-0.3, -0.25) is 4.98 Å². The zero-order chi connectivity index (χ0) is 8.67. The molecule has 0 spiro atoms. The van der Waals surface area contributed by atoms with Crippen molar-refractivity contribution in [3.05, 3.63) is 31.0 Å². The Morgan fingerprint density at radius 1 is 1.08 bits per heavy atom. The second kappa shape index (κ2) is 2.47. The quantitative estimate of drug-likeness (QED) is 0.541. The Morgan fingerprint density at radius 2 is 2.08 bits per heavy atom. The van der Waals surface area contributed by atoms with E-state index in [-0.39, 0.29) is 0 Å². The van der Waals surface area contributed by atoms with Crippen LogP contribution in [0.25, 0.3) is 20.3 Å². The first-order valence-corrected chi connectivity index (χ1v) is 4.69. The summed E-state index contributed by atoms with van der Waals surface area (Å²) in [4.78, 5) is 12.3.